The van der Waals surface area contributed by atoms with Gasteiger partial charge < -0.3 is 10.1 Å². The molecule has 0 radical (unpaired) electrons. The van der Waals surface area contributed by atoms with Crippen LogP contribution in [0.2, 0.25) is 0 Å². The molecule has 0 aliphatic heterocycles. The Kier molecular flexibility index (Phi) is 2.53. The maximum absolute atomic E-state index is 11.1. The van der Waals surface area contributed by atoms with Crippen LogP contribution in [0, 0.1) is 0 Å². The second kappa shape index (κ2) is 3.84. The van der Waals surface area contributed by atoms with E-state index in [0.717, 1.165) is 25.7 Å². The molecule has 1 aromatic heterocycles. The summed E-state index contributed by atoms with van der Waals surface area (Å²) in [5.74, 6) is -0.862. The highest BCUT2D eigenvalue weighted by molar-refractivity contribution is 5.85. The Morgan fingerprint density at radius 1 is 1.47 bits per heavy atom. The van der Waals surface area contributed by atoms with Gasteiger partial charge in [0.05, 0.1) is 0 Å². The number of carboxylic acid groups (broad SMARTS) is 1. The molecule has 0 bridgehead atoms. The molecule has 2 N–H and O–H groups in total. The normalized spacial score (nSPS) is 16.8. The van der Waals surface area contributed by atoms with Crippen molar-refractivity contribution in [3.8, 4) is 0 Å². The lowest BCUT2D eigenvalue weighted by molar-refractivity contribution is 0.0689. The average molecular weight is 208 g/mol. The summed E-state index contributed by atoms with van der Waals surface area (Å²) < 4.78 is 0. The number of carboxylic acids is 1. The van der Waals surface area contributed by atoms with Crippen molar-refractivity contribution in [1.82, 2.24) is 9.97 Å². The molecule has 0 amide bonds. The Hall–Kier alpha value is -1.65. The second-order valence-corrected chi connectivity index (χ2v) is 3.81. The van der Waals surface area contributed by atoms with E-state index in [-0.39, 0.29) is 5.69 Å². The van der Waals surface area contributed by atoms with Crippen LogP contribution in [0.4, 0.5) is 0 Å². The number of aromatic nitrogens is 2. The summed E-state index contributed by atoms with van der Waals surface area (Å²) in [7, 11) is 0. The van der Waals surface area contributed by atoms with Crippen LogP contribution in [-0.4, -0.2) is 21.0 Å². The fourth-order valence-corrected chi connectivity index (χ4v) is 2.04. The standard InChI is InChI=1S/C10H12N2O3/c13-9(14)8-5-7(11-10(15)12-8)6-3-1-2-4-6/h5-6H,1-4H2,(H,13,14)(H,11,12,15). The molecule has 5 nitrogen and oxygen atoms in total. The summed E-state index contributed by atoms with van der Waals surface area (Å²) in [4.78, 5) is 27.9. The first-order chi connectivity index (χ1) is 7.16. The summed E-state index contributed by atoms with van der Waals surface area (Å²) in [6, 6.07) is 1.47. The van der Waals surface area contributed by atoms with Gasteiger partial charge in [-0.1, -0.05) is 12.8 Å². The zero-order valence-corrected chi connectivity index (χ0v) is 8.19. The molecular weight excluding hydrogens is 196 g/mol. The Balaban J connectivity index is 2.38. The predicted molar refractivity (Wildman–Crippen MR) is 53.0 cm³/mol. The largest absolute Gasteiger partial charge is 0.477 e. The number of nitrogens with zero attached hydrogens (tertiary/aromatic N) is 1. The minimum atomic E-state index is -1.15. The lowest BCUT2D eigenvalue weighted by Gasteiger charge is -2.08. The lowest BCUT2D eigenvalue weighted by Crippen LogP contribution is -2.18. The third-order valence-corrected chi connectivity index (χ3v) is 2.78. The molecule has 1 aliphatic rings. The van der Waals surface area contributed by atoms with Crippen molar-refractivity contribution < 1.29 is 9.90 Å². The number of hydrogen-bond acceptors (Lipinski definition) is 3. The summed E-state index contributed by atoms with van der Waals surface area (Å²) in [5.41, 5.74) is -0.0256. The molecule has 1 fully saturated rings. The number of carbonyl (C=O) groups is 1. The SMILES string of the molecule is O=C(O)c1cc(C2CCCC2)[nH]c(=O)n1. The van der Waals surface area contributed by atoms with Crippen LogP contribution in [0.1, 0.15) is 47.8 Å². The molecule has 0 spiro atoms. The Bertz CT molecular complexity index is 433. The first kappa shape index (κ1) is 9.89. The van der Waals surface area contributed by atoms with Gasteiger partial charge in [-0.15, -0.1) is 0 Å². The summed E-state index contributed by atoms with van der Waals surface area (Å²) in [5, 5.41) is 8.76. The second-order valence-electron chi connectivity index (χ2n) is 3.81. The maximum Gasteiger partial charge on any atom is 0.354 e. The van der Waals surface area contributed by atoms with Gasteiger partial charge in [0.1, 0.15) is 0 Å². The van der Waals surface area contributed by atoms with Gasteiger partial charge in [0.2, 0.25) is 0 Å². The van der Waals surface area contributed by atoms with Crippen LogP contribution in [0.5, 0.6) is 0 Å². The van der Waals surface area contributed by atoms with Crippen molar-refractivity contribution >= 4 is 5.97 Å². The van der Waals surface area contributed by atoms with E-state index in [4.69, 9.17) is 5.11 Å². The molecule has 0 atom stereocenters. The molecule has 0 aromatic carbocycles. The quantitative estimate of drug-likeness (QED) is 0.763. The third-order valence-electron chi connectivity index (χ3n) is 2.78. The number of H-pyrrole nitrogens is 1. The molecule has 1 heterocycles. The fourth-order valence-electron chi connectivity index (χ4n) is 2.04. The highest BCUT2D eigenvalue weighted by Gasteiger charge is 2.19. The van der Waals surface area contributed by atoms with E-state index in [1.54, 1.807) is 0 Å². The lowest BCUT2D eigenvalue weighted by atomic mass is 10.0. The van der Waals surface area contributed by atoms with Gasteiger partial charge >= 0.3 is 11.7 Å². The van der Waals surface area contributed by atoms with Crippen LogP contribution in [0.25, 0.3) is 0 Å². The van der Waals surface area contributed by atoms with E-state index in [1.807, 2.05) is 0 Å². The zero-order chi connectivity index (χ0) is 10.8. The van der Waals surface area contributed by atoms with E-state index in [9.17, 15) is 9.59 Å². The monoisotopic (exact) mass is 208 g/mol. The van der Waals surface area contributed by atoms with Crippen molar-refractivity contribution in [2.75, 3.05) is 0 Å². The maximum atomic E-state index is 11.1. The van der Waals surface area contributed by atoms with Crippen molar-refractivity contribution in [2.45, 2.75) is 31.6 Å². The molecule has 0 saturated heterocycles. The van der Waals surface area contributed by atoms with Crippen LogP contribution in [0.15, 0.2) is 10.9 Å². The van der Waals surface area contributed by atoms with Gasteiger partial charge in [-0.05, 0) is 24.8 Å². The van der Waals surface area contributed by atoms with Crippen molar-refractivity contribution in [1.29, 1.82) is 0 Å². The summed E-state index contributed by atoms with van der Waals surface area (Å²) in [6.07, 6.45) is 4.30. The number of nitrogens with one attached hydrogen (secondary N) is 1. The molecule has 1 saturated carbocycles. The van der Waals surface area contributed by atoms with E-state index < -0.39 is 11.7 Å². The molecular formula is C10H12N2O3. The van der Waals surface area contributed by atoms with Crippen LogP contribution >= 0.6 is 0 Å². The number of hydrogen-bond donors (Lipinski definition) is 2. The Morgan fingerprint density at radius 2 is 2.13 bits per heavy atom. The van der Waals surface area contributed by atoms with E-state index >= 15 is 0 Å². The molecule has 2 rings (SSSR count). The highest BCUT2D eigenvalue weighted by Crippen LogP contribution is 2.32. The average Bonchev–Trinajstić information content (AvgIpc) is 2.69. The van der Waals surface area contributed by atoms with Gasteiger partial charge in [0.15, 0.2) is 5.69 Å². The van der Waals surface area contributed by atoms with Crippen molar-refractivity contribution in [3.63, 3.8) is 0 Å². The molecule has 80 valence electrons. The zero-order valence-electron chi connectivity index (χ0n) is 8.19. The van der Waals surface area contributed by atoms with E-state index in [2.05, 4.69) is 9.97 Å². The third kappa shape index (κ3) is 2.06. The predicted octanol–water partition coefficient (Wildman–Crippen LogP) is 1.13. The Morgan fingerprint density at radius 3 is 2.73 bits per heavy atom. The van der Waals surface area contributed by atoms with Gasteiger partial charge in [-0.3, -0.25) is 0 Å². The number of aromatic carboxylic acids is 1. The van der Waals surface area contributed by atoms with Crippen molar-refractivity contribution in [3.05, 3.63) is 27.9 Å². The molecule has 0 unspecified atom stereocenters. The van der Waals surface area contributed by atoms with Gasteiger partial charge in [0, 0.05) is 5.69 Å². The topological polar surface area (TPSA) is 83.0 Å². The smallest absolute Gasteiger partial charge is 0.354 e. The van der Waals surface area contributed by atoms with Crippen LogP contribution in [-0.2, 0) is 0 Å². The first-order valence-electron chi connectivity index (χ1n) is 5.01. The van der Waals surface area contributed by atoms with E-state index in [0.29, 0.717) is 11.6 Å². The van der Waals surface area contributed by atoms with Gasteiger partial charge in [-0.2, -0.15) is 4.98 Å². The fraction of sp³-hybridized carbons (Fsp3) is 0.500. The minimum Gasteiger partial charge on any atom is -0.477 e. The molecule has 15 heavy (non-hydrogen) atoms. The molecule has 1 aromatic rings. The number of aromatic amines is 1. The highest BCUT2D eigenvalue weighted by atomic mass is 16.4. The van der Waals surface area contributed by atoms with Crippen molar-refractivity contribution in [2.24, 2.45) is 0 Å². The van der Waals surface area contributed by atoms with Crippen LogP contribution in [0.3, 0.4) is 0 Å². The first-order valence-corrected chi connectivity index (χ1v) is 5.01. The van der Waals surface area contributed by atoms with Gasteiger partial charge in [-0.25, -0.2) is 9.59 Å². The molecule has 1 aliphatic carbocycles. The minimum absolute atomic E-state index is 0.166. The Labute approximate surface area is 86.2 Å². The number of rotatable bonds is 2. The van der Waals surface area contributed by atoms with E-state index in [1.165, 1.54) is 6.07 Å². The molecule has 5 heteroatoms. The summed E-state index contributed by atoms with van der Waals surface area (Å²) >= 11 is 0. The van der Waals surface area contributed by atoms with Crippen LogP contribution < -0.4 is 5.69 Å². The summed E-state index contributed by atoms with van der Waals surface area (Å²) in [6.45, 7) is 0. The van der Waals surface area contributed by atoms with Gasteiger partial charge in [0.25, 0.3) is 0 Å².